The van der Waals surface area contributed by atoms with Gasteiger partial charge in [-0.15, -0.1) is 0 Å². The Labute approximate surface area is 432 Å². The lowest BCUT2D eigenvalue weighted by Gasteiger charge is -2.27. The van der Waals surface area contributed by atoms with Crippen LogP contribution in [0, 0.1) is 21.4 Å². The summed E-state index contributed by atoms with van der Waals surface area (Å²) >= 11 is 13.9. The third kappa shape index (κ3) is 13.4. The lowest BCUT2D eigenvalue weighted by molar-refractivity contribution is 0.249. The highest BCUT2D eigenvalue weighted by atomic mass is 127. The third-order valence-corrected chi connectivity index (χ3v) is 13.7. The van der Waals surface area contributed by atoms with Crippen LogP contribution in [0.4, 0.5) is 0 Å². The monoisotopic (exact) mass is 1470 g/mol. The van der Waals surface area contributed by atoms with E-state index in [1.165, 1.54) is 0 Å². The second-order valence-corrected chi connectivity index (χ2v) is 20.8. The number of ether oxygens (including phenoxy) is 6. The van der Waals surface area contributed by atoms with Crippen molar-refractivity contribution in [1.29, 1.82) is 0 Å². The van der Waals surface area contributed by atoms with Crippen molar-refractivity contribution < 1.29 is 28.4 Å². The average Bonchev–Trinajstić information content (AvgIpc) is 3.26. The van der Waals surface area contributed by atoms with E-state index in [1.807, 2.05) is 146 Å². The van der Waals surface area contributed by atoms with Crippen molar-refractivity contribution in [2.45, 2.75) is 39.6 Å². The zero-order valence-electron chi connectivity index (χ0n) is 31.8. The van der Waals surface area contributed by atoms with E-state index in [2.05, 4.69) is 136 Å². The zero-order chi connectivity index (χ0) is 41.8. The molecule has 0 N–H and O–H groups in total. The molecule has 0 saturated heterocycles. The fraction of sp³-hybridized carbons (Fsp3) is 0.125. The summed E-state index contributed by atoms with van der Waals surface area (Å²) < 4.78 is 46.8. The number of rotatable bonds is 18. The summed E-state index contributed by atoms with van der Waals surface area (Å²) in [5, 5.41) is 0. The van der Waals surface area contributed by atoms with Gasteiger partial charge in [-0.2, -0.15) is 0 Å². The Balaban J connectivity index is 1.43. The van der Waals surface area contributed by atoms with E-state index in [4.69, 9.17) is 28.4 Å². The second kappa shape index (κ2) is 22.9. The molecule has 0 heterocycles. The maximum Gasteiger partial charge on any atom is 0.119 e. The minimum atomic E-state index is 0.239. The second-order valence-electron chi connectivity index (χ2n) is 13.3. The predicted octanol–water partition coefficient (Wildman–Crippen LogP) is 14.8. The molecule has 0 unspecified atom stereocenters. The molecular weight excluding hydrogens is 1430 g/mol. The van der Waals surface area contributed by atoms with Crippen LogP contribution in [0.3, 0.4) is 0 Å². The molecule has 0 amide bonds. The van der Waals surface area contributed by atoms with Crippen LogP contribution in [0.15, 0.2) is 146 Å². The number of benzene rings is 7. The van der Waals surface area contributed by atoms with Gasteiger partial charge < -0.3 is 28.4 Å². The van der Waals surface area contributed by atoms with E-state index >= 15 is 0 Å². The van der Waals surface area contributed by atoms with Crippen molar-refractivity contribution in [3.8, 4) is 34.5 Å². The van der Waals surface area contributed by atoms with Gasteiger partial charge in [-0.1, -0.05) is 0 Å². The van der Waals surface area contributed by atoms with E-state index in [9.17, 15) is 0 Å². The van der Waals surface area contributed by atoms with Gasteiger partial charge in [0.15, 0.2) is 0 Å². The summed E-state index contributed by atoms with van der Waals surface area (Å²) in [6.07, 6.45) is 0. The molecule has 0 aliphatic rings. The van der Waals surface area contributed by atoms with Gasteiger partial charge >= 0.3 is 0 Å². The first-order valence-electron chi connectivity index (χ1n) is 18.6. The summed E-state index contributed by atoms with van der Waals surface area (Å²) in [5.74, 6) is 4.52. The zero-order valence-corrected chi connectivity index (χ0v) is 44.8. The molecule has 12 heteroatoms. The molecule has 7 aromatic carbocycles. The Morgan fingerprint density at radius 2 is 0.317 bits per heavy atom. The molecule has 0 atom stereocenters. The highest BCUT2D eigenvalue weighted by Crippen LogP contribution is 2.36. The van der Waals surface area contributed by atoms with E-state index in [-0.39, 0.29) is 39.6 Å². The topological polar surface area (TPSA) is 55.4 Å². The normalized spacial score (nSPS) is 10.9. The molecule has 7 aromatic rings. The lowest BCUT2D eigenvalue weighted by Crippen LogP contribution is -2.21. The van der Waals surface area contributed by atoms with Crippen molar-refractivity contribution >= 4 is 136 Å². The van der Waals surface area contributed by atoms with E-state index in [0.717, 1.165) is 89.3 Å². The van der Waals surface area contributed by atoms with E-state index < -0.39 is 0 Å². The molecule has 0 aliphatic heterocycles. The highest BCUT2D eigenvalue weighted by Gasteiger charge is 2.27. The Kier molecular flexibility index (Phi) is 17.4. The van der Waals surface area contributed by atoms with Crippen LogP contribution in [-0.2, 0) is 39.6 Å². The largest absolute Gasteiger partial charge is 0.489 e. The molecule has 6 nitrogen and oxygen atoms in total. The Morgan fingerprint density at radius 3 is 0.433 bits per heavy atom. The first kappa shape index (κ1) is 45.7. The fourth-order valence-electron chi connectivity index (χ4n) is 6.26. The molecule has 0 bridgehead atoms. The van der Waals surface area contributed by atoms with Crippen molar-refractivity contribution in [1.82, 2.24) is 0 Å². The van der Waals surface area contributed by atoms with Crippen LogP contribution < -0.4 is 28.4 Å². The Morgan fingerprint density at radius 1 is 0.200 bits per heavy atom. The van der Waals surface area contributed by atoms with Gasteiger partial charge in [0.1, 0.15) is 74.1 Å². The fourth-order valence-corrected chi connectivity index (χ4v) is 8.41. The maximum atomic E-state index is 6.67. The minimum absolute atomic E-state index is 0.239. The molecule has 0 aliphatic carbocycles. The van der Waals surface area contributed by atoms with Crippen molar-refractivity contribution in [3.05, 3.63) is 200 Å². The van der Waals surface area contributed by atoms with Crippen molar-refractivity contribution in [3.63, 3.8) is 0 Å². The minimum Gasteiger partial charge on any atom is -0.489 e. The highest BCUT2D eigenvalue weighted by molar-refractivity contribution is 14.1. The molecule has 7 rings (SSSR count). The molecule has 0 radical (unpaired) electrons. The molecule has 60 heavy (non-hydrogen) atoms. The van der Waals surface area contributed by atoms with Gasteiger partial charge in [0.2, 0.25) is 0 Å². The summed E-state index contributed by atoms with van der Waals surface area (Å²) in [4.78, 5) is 0. The number of hydrogen-bond donors (Lipinski definition) is 0. The summed E-state index contributed by atoms with van der Waals surface area (Å²) in [7, 11) is 0. The summed E-state index contributed by atoms with van der Waals surface area (Å²) in [5.41, 5.74) is 5.61. The summed E-state index contributed by atoms with van der Waals surface area (Å²) in [6.45, 7) is 1.43. The Hall–Kier alpha value is -2.28. The molecular formula is C48H36I6O6. The SMILES string of the molecule is Ic1ccc(OCc2c(COc3ccc(I)cc3)c(COc3ccc(I)cc3)c(COc3ccc(I)cc3)c(COc3ccc(I)cc3)c2COc2ccc(I)cc2)cc1. The number of halogens is 6. The van der Waals surface area contributed by atoms with Gasteiger partial charge in [-0.05, 0) is 281 Å². The van der Waals surface area contributed by atoms with Crippen LogP contribution in [0.2, 0.25) is 0 Å². The standard InChI is InChI=1S/C48H36I6O6/c49-31-1-13-37(14-2-31)55-25-43-44(26-56-38-15-3-32(50)4-16-38)46(28-58-40-19-7-34(52)8-20-40)48(30-60-42-23-11-36(54)12-24-42)47(29-59-41-21-9-35(53)10-22-41)45(43)27-57-39-17-5-33(51)6-18-39/h1-24H,25-30H2. The molecule has 0 saturated carbocycles. The van der Waals surface area contributed by atoms with Crippen LogP contribution in [-0.4, -0.2) is 0 Å². The van der Waals surface area contributed by atoms with Crippen LogP contribution in [0.5, 0.6) is 34.5 Å². The van der Waals surface area contributed by atoms with Gasteiger partial charge in [0.05, 0.1) is 0 Å². The smallest absolute Gasteiger partial charge is 0.119 e. The quantitative estimate of drug-likeness (QED) is 0.0798. The third-order valence-electron chi connectivity index (χ3n) is 9.37. The molecule has 0 fully saturated rings. The average molecular weight is 1470 g/mol. The van der Waals surface area contributed by atoms with Gasteiger partial charge in [-0.25, -0.2) is 0 Å². The van der Waals surface area contributed by atoms with Crippen molar-refractivity contribution in [2.75, 3.05) is 0 Å². The van der Waals surface area contributed by atoms with Gasteiger partial charge in [-0.3, -0.25) is 0 Å². The molecule has 0 spiro atoms. The first-order chi connectivity index (χ1) is 29.2. The lowest BCUT2D eigenvalue weighted by atomic mass is 9.87. The van der Waals surface area contributed by atoms with E-state index in [0.29, 0.717) is 0 Å². The number of hydrogen-bond acceptors (Lipinski definition) is 6. The maximum absolute atomic E-state index is 6.67. The van der Waals surface area contributed by atoms with Crippen molar-refractivity contribution in [2.24, 2.45) is 0 Å². The predicted molar refractivity (Wildman–Crippen MR) is 287 cm³/mol. The van der Waals surface area contributed by atoms with E-state index in [1.54, 1.807) is 0 Å². The molecule has 306 valence electrons. The molecule has 0 aromatic heterocycles. The Bertz CT molecular complexity index is 1990. The van der Waals surface area contributed by atoms with Gasteiger partial charge in [0, 0.05) is 54.8 Å². The van der Waals surface area contributed by atoms with Gasteiger partial charge in [0.25, 0.3) is 0 Å². The first-order valence-corrected chi connectivity index (χ1v) is 25.1. The van der Waals surface area contributed by atoms with Crippen LogP contribution >= 0.6 is 136 Å². The summed E-state index contributed by atoms with van der Waals surface area (Å²) in [6, 6.07) is 48.5. The van der Waals surface area contributed by atoms with Crippen LogP contribution in [0.25, 0.3) is 0 Å². The van der Waals surface area contributed by atoms with Crippen LogP contribution in [0.1, 0.15) is 33.4 Å².